The molecule has 1 aliphatic heterocycles. The fourth-order valence-electron chi connectivity index (χ4n) is 2.07. The molecule has 1 N–H and O–H groups in total. The van der Waals surface area contributed by atoms with Crippen LogP contribution in [-0.4, -0.2) is 36.5 Å². The van der Waals surface area contributed by atoms with Gasteiger partial charge in [0.25, 0.3) is 5.91 Å². The van der Waals surface area contributed by atoms with E-state index in [0.29, 0.717) is 28.7 Å². The van der Waals surface area contributed by atoms with E-state index in [1.165, 1.54) is 6.07 Å². The molecule has 18 heavy (non-hydrogen) atoms. The topological polar surface area (TPSA) is 32.3 Å². The largest absolute Gasteiger partial charge is 0.336 e. The summed E-state index contributed by atoms with van der Waals surface area (Å²) in [7, 11) is 0. The molecule has 2 rings (SSSR count). The van der Waals surface area contributed by atoms with E-state index in [0.717, 1.165) is 6.54 Å². The molecule has 1 atom stereocenters. The Kier molecular flexibility index (Phi) is 4.02. The molecular weight excluding hydrogens is 299 g/mol. The van der Waals surface area contributed by atoms with Crippen LogP contribution in [0, 0.1) is 12.7 Å². The van der Waals surface area contributed by atoms with Crippen LogP contribution in [0.5, 0.6) is 0 Å². The zero-order valence-electron chi connectivity index (χ0n) is 10.5. The molecule has 1 saturated heterocycles. The lowest BCUT2D eigenvalue weighted by atomic mass is 10.1. The van der Waals surface area contributed by atoms with Crippen molar-refractivity contribution in [1.29, 1.82) is 0 Å². The summed E-state index contributed by atoms with van der Waals surface area (Å²) in [5.74, 6) is -0.459. The van der Waals surface area contributed by atoms with Gasteiger partial charge in [-0.05, 0) is 31.5 Å². The van der Waals surface area contributed by atoms with E-state index in [-0.39, 0.29) is 17.8 Å². The number of nitrogens with one attached hydrogen (secondary N) is 1. The normalized spacial score (nSPS) is 20.0. The number of carbonyl (C=O) groups is 1. The Labute approximate surface area is 114 Å². The molecule has 3 nitrogen and oxygen atoms in total. The van der Waals surface area contributed by atoms with Gasteiger partial charge in [-0.15, -0.1) is 0 Å². The lowest BCUT2D eigenvalue weighted by molar-refractivity contribution is 0.0708. The van der Waals surface area contributed by atoms with Gasteiger partial charge < -0.3 is 10.2 Å². The summed E-state index contributed by atoms with van der Waals surface area (Å²) in [6.07, 6.45) is 0. The molecule has 1 aliphatic rings. The summed E-state index contributed by atoms with van der Waals surface area (Å²) in [5, 5.41) is 3.27. The van der Waals surface area contributed by atoms with Crippen molar-refractivity contribution in [3.8, 4) is 0 Å². The first-order valence-electron chi connectivity index (χ1n) is 5.97. The second-order valence-electron chi connectivity index (χ2n) is 4.67. The molecule has 98 valence electrons. The van der Waals surface area contributed by atoms with E-state index >= 15 is 0 Å². The average molecular weight is 315 g/mol. The predicted molar refractivity (Wildman–Crippen MR) is 72.2 cm³/mol. The summed E-state index contributed by atoms with van der Waals surface area (Å²) in [5.41, 5.74) is 0.930. The van der Waals surface area contributed by atoms with E-state index in [9.17, 15) is 9.18 Å². The van der Waals surface area contributed by atoms with Gasteiger partial charge in [0.15, 0.2) is 0 Å². The van der Waals surface area contributed by atoms with Gasteiger partial charge in [-0.3, -0.25) is 4.79 Å². The van der Waals surface area contributed by atoms with Gasteiger partial charge in [-0.25, -0.2) is 4.39 Å². The molecule has 1 unspecified atom stereocenters. The van der Waals surface area contributed by atoms with Crippen LogP contribution in [0.15, 0.2) is 16.6 Å². The van der Waals surface area contributed by atoms with Gasteiger partial charge in [0.05, 0.1) is 0 Å². The molecule has 1 fully saturated rings. The Balaban J connectivity index is 2.23. The van der Waals surface area contributed by atoms with E-state index < -0.39 is 0 Å². The number of rotatable bonds is 1. The van der Waals surface area contributed by atoms with Crippen molar-refractivity contribution in [2.45, 2.75) is 19.9 Å². The Bertz CT molecular complexity index is 455. The van der Waals surface area contributed by atoms with Crippen molar-refractivity contribution in [1.82, 2.24) is 10.2 Å². The quantitative estimate of drug-likeness (QED) is 0.863. The van der Waals surface area contributed by atoms with Gasteiger partial charge in [0, 0.05) is 35.7 Å². The highest BCUT2D eigenvalue weighted by atomic mass is 79.9. The summed E-state index contributed by atoms with van der Waals surface area (Å²) < 4.78 is 14.3. The molecule has 0 aliphatic carbocycles. The van der Waals surface area contributed by atoms with E-state index in [1.807, 2.05) is 6.92 Å². The minimum absolute atomic E-state index is 0.108. The molecule has 1 aromatic carbocycles. The highest BCUT2D eigenvalue weighted by Crippen LogP contribution is 2.22. The maximum Gasteiger partial charge on any atom is 0.254 e. The number of nitrogens with zero attached hydrogens (tertiary/aromatic N) is 1. The van der Waals surface area contributed by atoms with Gasteiger partial charge in [-0.2, -0.15) is 0 Å². The first-order chi connectivity index (χ1) is 8.49. The monoisotopic (exact) mass is 314 g/mol. The van der Waals surface area contributed by atoms with Crippen LogP contribution in [0.4, 0.5) is 4.39 Å². The lowest BCUT2D eigenvalue weighted by Gasteiger charge is -2.32. The Hall–Kier alpha value is -0.940. The molecule has 0 aromatic heterocycles. The van der Waals surface area contributed by atoms with Gasteiger partial charge in [0.2, 0.25) is 0 Å². The maximum atomic E-state index is 13.6. The van der Waals surface area contributed by atoms with Crippen molar-refractivity contribution >= 4 is 21.8 Å². The Morgan fingerprint density at radius 2 is 2.28 bits per heavy atom. The molecular formula is C13H16BrFN2O. The van der Waals surface area contributed by atoms with Crippen LogP contribution in [0.1, 0.15) is 22.8 Å². The highest BCUT2D eigenvalue weighted by molar-refractivity contribution is 9.10. The van der Waals surface area contributed by atoms with Crippen LogP contribution in [-0.2, 0) is 0 Å². The summed E-state index contributed by atoms with van der Waals surface area (Å²) in [6, 6.07) is 3.28. The third-order valence-electron chi connectivity index (χ3n) is 3.18. The van der Waals surface area contributed by atoms with Crippen LogP contribution in [0.25, 0.3) is 0 Å². The molecule has 5 heteroatoms. The summed E-state index contributed by atoms with van der Waals surface area (Å²) in [6.45, 7) is 5.82. The zero-order valence-corrected chi connectivity index (χ0v) is 12.1. The van der Waals surface area contributed by atoms with Gasteiger partial charge in [-0.1, -0.05) is 15.9 Å². The minimum Gasteiger partial charge on any atom is -0.336 e. The number of carbonyl (C=O) groups excluding carboxylic acids is 1. The number of amides is 1. The fourth-order valence-corrected chi connectivity index (χ4v) is 2.50. The van der Waals surface area contributed by atoms with Crippen molar-refractivity contribution in [3.63, 3.8) is 0 Å². The molecule has 1 amide bonds. The highest BCUT2D eigenvalue weighted by Gasteiger charge is 2.22. The third kappa shape index (κ3) is 2.72. The van der Waals surface area contributed by atoms with E-state index in [1.54, 1.807) is 17.9 Å². The zero-order chi connectivity index (χ0) is 13.3. The van der Waals surface area contributed by atoms with E-state index in [4.69, 9.17) is 0 Å². The molecule has 0 saturated carbocycles. The van der Waals surface area contributed by atoms with Gasteiger partial charge in [0.1, 0.15) is 5.82 Å². The second-order valence-corrected chi connectivity index (χ2v) is 5.53. The first-order valence-corrected chi connectivity index (χ1v) is 6.76. The van der Waals surface area contributed by atoms with Crippen LogP contribution in [0.2, 0.25) is 0 Å². The van der Waals surface area contributed by atoms with Crippen LogP contribution in [0.3, 0.4) is 0 Å². The molecule has 1 aromatic rings. The van der Waals surface area contributed by atoms with Crippen LogP contribution < -0.4 is 5.32 Å². The first kappa shape index (κ1) is 13.5. The smallest absolute Gasteiger partial charge is 0.254 e. The molecule has 0 radical (unpaired) electrons. The maximum absolute atomic E-state index is 13.6. The summed E-state index contributed by atoms with van der Waals surface area (Å²) >= 11 is 3.28. The van der Waals surface area contributed by atoms with Crippen molar-refractivity contribution < 1.29 is 9.18 Å². The number of benzene rings is 1. The number of halogens is 2. The third-order valence-corrected chi connectivity index (χ3v) is 4.01. The molecule has 0 spiro atoms. The van der Waals surface area contributed by atoms with Crippen LogP contribution >= 0.6 is 15.9 Å². The number of hydrogen-bond acceptors (Lipinski definition) is 2. The van der Waals surface area contributed by atoms with Gasteiger partial charge >= 0.3 is 0 Å². The SMILES string of the molecule is Cc1c(F)cc(C(=O)N2CCNC(C)C2)cc1Br. The van der Waals surface area contributed by atoms with E-state index in [2.05, 4.69) is 21.2 Å². The van der Waals surface area contributed by atoms with Crippen molar-refractivity contribution in [2.24, 2.45) is 0 Å². The van der Waals surface area contributed by atoms with Crippen molar-refractivity contribution in [2.75, 3.05) is 19.6 Å². The van der Waals surface area contributed by atoms with Crippen molar-refractivity contribution in [3.05, 3.63) is 33.5 Å². The number of hydrogen-bond donors (Lipinski definition) is 1. The molecule has 1 heterocycles. The minimum atomic E-state index is -0.351. The molecule has 0 bridgehead atoms. The predicted octanol–water partition coefficient (Wildman–Crippen LogP) is 2.33. The number of piperazine rings is 1. The standard InChI is InChI=1S/C13H16BrFN2O/c1-8-7-17(4-3-16-8)13(18)10-5-11(14)9(2)12(15)6-10/h5-6,8,16H,3-4,7H2,1-2H3. The fraction of sp³-hybridized carbons (Fsp3) is 0.462. The lowest BCUT2D eigenvalue weighted by Crippen LogP contribution is -2.51. The summed E-state index contributed by atoms with van der Waals surface area (Å²) in [4.78, 5) is 14.0. The Morgan fingerprint density at radius 3 is 2.89 bits per heavy atom. The second kappa shape index (κ2) is 5.36. The average Bonchev–Trinajstić information content (AvgIpc) is 2.34. The Morgan fingerprint density at radius 1 is 1.56 bits per heavy atom.